The SMILES string of the molecule is CCc1ccccc1OC(=NC)c1cc(-c2cccc(-c3ccc4c(c3)C(C)(C)c3cc5c(cc3-4)oc3ccccc35)c2)cc(C2Nc3ccccc3O2)c1. The number of hydrogen-bond donors (Lipinski definition) is 1. The molecule has 0 fully saturated rings. The molecule has 268 valence electrons. The van der Waals surface area contributed by atoms with Gasteiger partial charge in [-0.3, -0.25) is 4.99 Å². The number of anilines is 1. The highest BCUT2D eigenvalue weighted by Crippen LogP contribution is 2.52. The lowest BCUT2D eigenvalue weighted by Gasteiger charge is -2.22. The van der Waals surface area contributed by atoms with Gasteiger partial charge in [0.1, 0.15) is 22.7 Å². The van der Waals surface area contributed by atoms with E-state index in [1.54, 1.807) is 7.05 Å². The van der Waals surface area contributed by atoms with Crippen molar-refractivity contribution < 1.29 is 13.9 Å². The van der Waals surface area contributed by atoms with Crippen molar-refractivity contribution in [2.75, 3.05) is 12.4 Å². The fraction of sp³-hybridized carbons (Fsp3) is 0.140. The summed E-state index contributed by atoms with van der Waals surface area (Å²) in [5, 5.41) is 5.89. The maximum atomic E-state index is 6.55. The van der Waals surface area contributed by atoms with Crippen molar-refractivity contribution in [3.8, 4) is 44.9 Å². The zero-order valence-electron chi connectivity index (χ0n) is 31.3. The zero-order chi connectivity index (χ0) is 37.3. The van der Waals surface area contributed by atoms with Gasteiger partial charge in [0.15, 0.2) is 6.23 Å². The van der Waals surface area contributed by atoms with Crippen LogP contribution in [0.2, 0.25) is 0 Å². The van der Waals surface area contributed by atoms with Crippen molar-refractivity contribution in [1.29, 1.82) is 0 Å². The summed E-state index contributed by atoms with van der Waals surface area (Å²) in [6, 6.07) is 51.3. The van der Waals surface area contributed by atoms with Crippen molar-refractivity contribution in [3.05, 3.63) is 173 Å². The van der Waals surface area contributed by atoms with Gasteiger partial charge in [-0.2, -0.15) is 0 Å². The highest BCUT2D eigenvalue weighted by atomic mass is 16.5. The molecule has 55 heavy (non-hydrogen) atoms. The molecule has 2 aliphatic rings. The third-order valence-electron chi connectivity index (χ3n) is 11.4. The number of aryl methyl sites for hydroxylation is 1. The largest absolute Gasteiger partial charge is 0.464 e. The van der Waals surface area contributed by atoms with E-state index >= 15 is 0 Å². The molecule has 0 saturated heterocycles. The van der Waals surface area contributed by atoms with Crippen LogP contribution in [0.25, 0.3) is 55.3 Å². The maximum Gasteiger partial charge on any atom is 0.221 e. The third-order valence-corrected chi connectivity index (χ3v) is 11.4. The predicted octanol–water partition coefficient (Wildman–Crippen LogP) is 12.7. The minimum atomic E-state index is -0.360. The fourth-order valence-electron chi connectivity index (χ4n) is 8.47. The van der Waals surface area contributed by atoms with Crippen LogP contribution in [0.5, 0.6) is 11.5 Å². The maximum absolute atomic E-state index is 6.55. The number of rotatable bonds is 6. The number of hydrogen-bond acceptors (Lipinski definition) is 5. The number of para-hydroxylation sites is 4. The summed E-state index contributed by atoms with van der Waals surface area (Å²) < 4.78 is 19.3. The van der Waals surface area contributed by atoms with E-state index in [0.29, 0.717) is 5.90 Å². The van der Waals surface area contributed by atoms with Crippen LogP contribution in [0, 0.1) is 0 Å². The van der Waals surface area contributed by atoms with E-state index < -0.39 is 0 Å². The average molecular weight is 717 g/mol. The second kappa shape index (κ2) is 12.8. The minimum absolute atomic E-state index is 0.174. The predicted molar refractivity (Wildman–Crippen MR) is 224 cm³/mol. The molecule has 1 aliphatic carbocycles. The van der Waals surface area contributed by atoms with Gasteiger partial charge in [-0.1, -0.05) is 99.6 Å². The summed E-state index contributed by atoms with van der Waals surface area (Å²) >= 11 is 0. The Hall–Kier alpha value is -6.59. The molecule has 5 nitrogen and oxygen atoms in total. The quantitative estimate of drug-likeness (QED) is 0.137. The molecule has 2 heterocycles. The number of benzene rings is 7. The molecule has 5 heteroatoms. The van der Waals surface area contributed by atoms with Gasteiger partial charge in [0.2, 0.25) is 5.90 Å². The van der Waals surface area contributed by atoms with E-state index in [9.17, 15) is 0 Å². The molecule has 0 saturated carbocycles. The van der Waals surface area contributed by atoms with E-state index in [4.69, 9.17) is 13.9 Å². The molecule has 1 unspecified atom stereocenters. The Kier molecular flexibility index (Phi) is 7.67. The van der Waals surface area contributed by atoms with Crippen LogP contribution in [0.3, 0.4) is 0 Å². The summed E-state index contributed by atoms with van der Waals surface area (Å²) in [4.78, 5) is 4.66. The average Bonchev–Trinajstić information content (AvgIpc) is 3.89. The van der Waals surface area contributed by atoms with Gasteiger partial charge < -0.3 is 19.2 Å². The van der Waals surface area contributed by atoms with Gasteiger partial charge in [0.25, 0.3) is 0 Å². The van der Waals surface area contributed by atoms with Crippen molar-refractivity contribution >= 4 is 33.5 Å². The first-order valence-corrected chi connectivity index (χ1v) is 19.0. The van der Waals surface area contributed by atoms with Crippen LogP contribution in [-0.4, -0.2) is 12.9 Å². The molecule has 1 aromatic heterocycles. The molecule has 8 aromatic rings. The van der Waals surface area contributed by atoms with Gasteiger partial charge in [0.05, 0.1) is 5.69 Å². The first-order valence-electron chi connectivity index (χ1n) is 19.0. The molecule has 1 N–H and O–H groups in total. The molecule has 0 radical (unpaired) electrons. The highest BCUT2D eigenvalue weighted by Gasteiger charge is 2.36. The van der Waals surface area contributed by atoms with Gasteiger partial charge in [-0.25, -0.2) is 0 Å². The van der Waals surface area contributed by atoms with Crippen LogP contribution in [0.1, 0.15) is 54.8 Å². The molecular formula is C50H40N2O3. The summed E-state index contributed by atoms with van der Waals surface area (Å²) in [6.45, 7) is 6.81. The Bertz CT molecular complexity index is 2820. The van der Waals surface area contributed by atoms with Crippen molar-refractivity contribution in [2.24, 2.45) is 4.99 Å². The van der Waals surface area contributed by atoms with Crippen LogP contribution in [0.4, 0.5) is 5.69 Å². The van der Waals surface area contributed by atoms with E-state index in [1.807, 2.05) is 54.6 Å². The second-order valence-corrected chi connectivity index (χ2v) is 15.0. The number of ether oxygens (including phenoxy) is 2. The Balaban J connectivity index is 1.04. The van der Waals surface area contributed by atoms with Crippen LogP contribution < -0.4 is 14.8 Å². The molecule has 1 atom stereocenters. The monoisotopic (exact) mass is 716 g/mol. The van der Waals surface area contributed by atoms with Crippen molar-refractivity contribution in [2.45, 2.75) is 38.8 Å². The van der Waals surface area contributed by atoms with Crippen LogP contribution in [0.15, 0.2) is 155 Å². The fourth-order valence-corrected chi connectivity index (χ4v) is 8.47. The highest BCUT2D eigenvalue weighted by molar-refractivity contribution is 6.07. The summed E-state index contributed by atoms with van der Waals surface area (Å²) in [7, 11) is 1.78. The first kappa shape index (κ1) is 33.0. The third kappa shape index (κ3) is 5.49. The smallest absolute Gasteiger partial charge is 0.221 e. The topological polar surface area (TPSA) is 56.0 Å². The molecule has 0 bridgehead atoms. The Labute approximate surface area is 320 Å². The van der Waals surface area contributed by atoms with Crippen LogP contribution in [-0.2, 0) is 11.8 Å². The Morgan fingerprint density at radius 1 is 0.673 bits per heavy atom. The lowest BCUT2D eigenvalue weighted by Crippen LogP contribution is -2.15. The van der Waals surface area contributed by atoms with Gasteiger partial charge in [0, 0.05) is 34.4 Å². The minimum Gasteiger partial charge on any atom is -0.464 e. The molecule has 0 amide bonds. The van der Waals surface area contributed by atoms with Crippen molar-refractivity contribution in [3.63, 3.8) is 0 Å². The summed E-state index contributed by atoms with van der Waals surface area (Å²) in [5.41, 5.74) is 15.3. The number of furan rings is 1. The molecule has 1 aliphatic heterocycles. The molecule has 10 rings (SSSR count). The lowest BCUT2D eigenvalue weighted by molar-refractivity contribution is 0.260. The summed E-state index contributed by atoms with van der Waals surface area (Å²) in [5.74, 6) is 2.20. The lowest BCUT2D eigenvalue weighted by atomic mass is 9.81. The van der Waals surface area contributed by atoms with Crippen LogP contribution >= 0.6 is 0 Å². The number of fused-ring (bicyclic) bond motifs is 7. The van der Waals surface area contributed by atoms with E-state index in [0.717, 1.165) is 73.5 Å². The second-order valence-electron chi connectivity index (χ2n) is 15.0. The van der Waals surface area contributed by atoms with E-state index in [1.165, 1.54) is 33.2 Å². The zero-order valence-corrected chi connectivity index (χ0v) is 31.3. The Morgan fingerprint density at radius 3 is 2.29 bits per heavy atom. The Morgan fingerprint density at radius 2 is 1.44 bits per heavy atom. The van der Waals surface area contributed by atoms with E-state index in [2.05, 4.69) is 122 Å². The molecular weight excluding hydrogens is 677 g/mol. The van der Waals surface area contributed by atoms with Gasteiger partial charge >= 0.3 is 0 Å². The van der Waals surface area contributed by atoms with E-state index in [-0.39, 0.29) is 11.6 Å². The van der Waals surface area contributed by atoms with Gasteiger partial charge in [-0.05, 0) is 123 Å². The standard InChI is InChI=1S/C50H40N2O3/c1-5-30-13-6-9-18-44(30)54-48(51-4)35-24-34(25-36(26-35)49-52-43-17-8-11-20-46(43)55-49)32-15-12-14-31(23-32)33-21-22-37-39-29-47-40(38-16-7-10-19-45(38)53-47)28-42(39)50(2,3)41(37)27-33/h6-29,49,52H,5H2,1-4H3. The molecule has 7 aromatic carbocycles. The van der Waals surface area contributed by atoms with Gasteiger partial charge in [-0.15, -0.1) is 0 Å². The van der Waals surface area contributed by atoms with Crippen molar-refractivity contribution in [1.82, 2.24) is 0 Å². The number of nitrogens with one attached hydrogen (secondary N) is 1. The first-order chi connectivity index (χ1) is 26.9. The normalized spacial score (nSPS) is 15.3. The number of nitrogens with zero attached hydrogens (tertiary/aromatic N) is 1. The number of aliphatic imine (C=N–C) groups is 1. The summed E-state index contributed by atoms with van der Waals surface area (Å²) in [6.07, 6.45) is 0.501. The molecule has 0 spiro atoms.